The molecule has 3 atom stereocenters. The van der Waals surface area contributed by atoms with Crippen LogP contribution in [0.25, 0.3) is 0 Å². The molecular weight excluding hydrogens is 424 g/mol. The molecule has 5 heteroatoms. The fourth-order valence-electron chi connectivity index (χ4n) is 5.58. The molecule has 0 radical (unpaired) electrons. The van der Waals surface area contributed by atoms with Gasteiger partial charge in [-0.2, -0.15) is 5.26 Å². The van der Waals surface area contributed by atoms with Gasteiger partial charge in [-0.05, 0) is 69.8 Å². The Hall–Kier alpha value is -3.00. The van der Waals surface area contributed by atoms with Crippen LogP contribution in [0.5, 0.6) is 11.5 Å². The summed E-state index contributed by atoms with van der Waals surface area (Å²) in [4.78, 5) is 14.5. The van der Waals surface area contributed by atoms with E-state index in [0.29, 0.717) is 18.2 Å². The number of nitriles is 1. The number of carbonyl (C=O) groups is 1. The largest absolute Gasteiger partial charge is 0.491 e. The van der Waals surface area contributed by atoms with Crippen LogP contribution in [0, 0.1) is 11.3 Å². The Morgan fingerprint density at radius 2 is 2.06 bits per heavy atom. The van der Waals surface area contributed by atoms with E-state index < -0.39 is 0 Å². The molecule has 4 rings (SSSR count). The van der Waals surface area contributed by atoms with E-state index >= 15 is 0 Å². The Morgan fingerprint density at radius 1 is 1.24 bits per heavy atom. The highest BCUT2D eigenvalue weighted by atomic mass is 16.5. The molecule has 3 unspecified atom stereocenters. The smallest absolute Gasteiger partial charge is 0.308 e. The maximum absolute atomic E-state index is 12.0. The topological polar surface area (TPSA) is 62.6 Å². The van der Waals surface area contributed by atoms with Gasteiger partial charge in [0.05, 0.1) is 12.2 Å². The van der Waals surface area contributed by atoms with Crippen LogP contribution in [-0.4, -0.2) is 24.7 Å². The molecule has 0 aromatic heterocycles. The number of hydrogen-bond donors (Lipinski definition) is 0. The third-order valence-corrected chi connectivity index (χ3v) is 7.11. The summed E-state index contributed by atoms with van der Waals surface area (Å²) in [6.45, 7) is 4.57. The number of aryl methyl sites for hydroxylation is 1. The molecule has 1 saturated heterocycles. The van der Waals surface area contributed by atoms with Gasteiger partial charge in [0.25, 0.3) is 0 Å². The third-order valence-electron chi connectivity index (χ3n) is 7.11. The van der Waals surface area contributed by atoms with Crippen LogP contribution in [0.1, 0.15) is 82.3 Å². The lowest BCUT2D eigenvalue weighted by Gasteiger charge is -2.45. The Balaban J connectivity index is 1.56. The van der Waals surface area contributed by atoms with Crippen molar-refractivity contribution in [3.05, 3.63) is 53.6 Å². The van der Waals surface area contributed by atoms with Crippen LogP contribution in [0.3, 0.4) is 0 Å². The molecule has 2 aromatic carbocycles. The highest BCUT2D eigenvalue weighted by Gasteiger charge is 2.36. The lowest BCUT2D eigenvalue weighted by atomic mass is 9.79. The van der Waals surface area contributed by atoms with Crippen molar-refractivity contribution in [2.75, 3.05) is 11.4 Å². The SMILES string of the molecule is CC(=O)Oc1cc(OC(C)CCCc2ccccc2)cc2c1C(CCC#N)CC1CCCCN21. The van der Waals surface area contributed by atoms with Gasteiger partial charge in [-0.3, -0.25) is 4.79 Å². The number of hydrogen-bond acceptors (Lipinski definition) is 5. The summed E-state index contributed by atoms with van der Waals surface area (Å²) in [6.07, 6.45) is 8.99. The van der Waals surface area contributed by atoms with E-state index in [9.17, 15) is 10.1 Å². The van der Waals surface area contributed by atoms with Crippen molar-refractivity contribution < 1.29 is 14.3 Å². The van der Waals surface area contributed by atoms with Crippen molar-refractivity contribution in [3.8, 4) is 17.6 Å². The fourth-order valence-corrected chi connectivity index (χ4v) is 5.58. The summed E-state index contributed by atoms with van der Waals surface area (Å²) < 4.78 is 12.1. The zero-order valence-corrected chi connectivity index (χ0v) is 20.5. The molecule has 0 bridgehead atoms. The monoisotopic (exact) mass is 460 g/mol. The van der Waals surface area contributed by atoms with E-state index in [4.69, 9.17) is 9.47 Å². The normalized spacial score (nSPS) is 20.0. The number of carbonyl (C=O) groups excluding carboxylic acids is 1. The van der Waals surface area contributed by atoms with Crippen LogP contribution in [0.4, 0.5) is 5.69 Å². The molecule has 34 heavy (non-hydrogen) atoms. The Labute approximate surface area is 203 Å². The van der Waals surface area contributed by atoms with Crippen molar-refractivity contribution in [3.63, 3.8) is 0 Å². The molecule has 0 amide bonds. The van der Waals surface area contributed by atoms with E-state index in [-0.39, 0.29) is 18.0 Å². The number of ether oxygens (including phenoxy) is 2. The van der Waals surface area contributed by atoms with Crippen molar-refractivity contribution in [2.24, 2.45) is 0 Å². The van der Waals surface area contributed by atoms with Crippen LogP contribution < -0.4 is 14.4 Å². The van der Waals surface area contributed by atoms with Crippen LogP contribution >= 0.6 is 0 Å². The van der Waals surface area contributed by atoms with Gasteiger partial charge in [0.1, 0.15) is 11.5 Å². The van der Waals surface area contributed by atoms with Crippen LogP contribution in [-0.2, 0) is 11.2 Å². The number of esters is 1. The second kappa shape index (κ2) is 11.4. The van der Waals surface area contributed by atoms with Gasteiger partial charge in [0, 0.05) is 49.3 Å². The summed E-state index contributed by atoms with van der Waals surface area (Å²) in [7, 11) is 0. The average Bonchev–Trinajstić information content (AvgIpc) is 2.82. The lowest BCUT2D eigenvalue weighted by Crippen LogP contribution is -2.44. The summed E-state index contributed by atoms with van der Waals surface area (Å²) in [5, 5.41) is 9.21. The number of rotatable bonds is 9. The molecule has 2 heterocycles. The van der Waals surface area contributed by atoms with Gasteiger partial charge in [0.15, 0.2) is 0 Å². The molecule has 2 aliphatic rings. The maximum Gasteiger partial charge on any atom is 0.308 e. The first kappa shape index (κ1) is 24.1. The third kappa shape index (κ3) is 5.91. The lowest BCUT2D eigenvalue weighted by molar-refractivity contribution is -0.131. The Bertz CT molecular complexity index is 1010. The van der Waals surface area contributed by atoms with Gasteiger partial charge in [-0.25, -0.2) is 0 Å². The first-order chi connectivity index (χ1) is 16.5. The van der Waals surface area contributed by atoms with Gasteiger partial charge < -0.3 is 14.4 Å². The molecule has 5 nitrogen and oxygen atoms in total. The molecule has 1 fully saturated rings. The molecule has 2 aliphatic heterocycles. The molecule has 0 N–H and O–H groups in total. The predicted molar refractivity (Wildman–Crippen MR) is 134 cm³/mol. The number of benzene rings is 2. The standard InChI is InChI=1S/C29H36N2O3/c1-21(10-8-13-23-11-4-3-5-12-23)33-26-19-27-29(28(20-26)34-22(2)32)24(14-9-16-30)18-25-15-6-7-17-31(25)27/h3-5,11-12,19-21,24-25H,6-10,13-15,17-18H2,1-2H3. The van der Waals surface area contributed by atoms with E-state index in [0.717, 1.165) is 55.6 Å². The van der Waals surface area contributed by atoms with E-state index in [2.05, 4.69) is 48.2 Å². The molecule has 2 aromatic rings. The zero-order valence-electron chi connectivity index (χ0n) is 20.5. The van der Waals surface area contributed by atoms with Crippen LogP contribution in [0.15, 0.2) is 42.5 Å². The summed E-state index contributed by atoms with van der Waals surface area (Å²) in [5.41, 5.74) is 3.55. The average molecular weight is 461 g/mol. The van der Waals surface area contributed by atoms with Crippen molar-refractivity contribution >= 4 is 11.7 Å². The predicted octanol–water partition coefficient (Wildman–Crippen LogP) is 6.55. The number of fused-ring (bicyclic) bond motifs is 3. The maximum atomic E-state index is 12.0. The Kier molecular flexibility index (Phi) is 8.11. The summed E-state index contributed by atoms with van der Waals surface area (Å²) >= 11 is 0. The van der Waals surface area contributed by atoms with Gasteiger partial charge in [0.2, 0.25) is 0 Å². The Morgan fingerprint density at radius 3 is 2.82 bits per heavy atom. The van der Waals surface area contributed by atoms with E-state index in [1.807, 2.05) is 12.1 Å². The van der Waals surface area contributed by atoms with Crippen molar-refractivity contribution in [1.82, 2.24) is 0 Å². The number of nitrogens with zero attached hydrogens (tertiary/aromatic N) is 2. The van der Waals surface area contributed by atoms with Gasteiger partial charge >= 0.3 is 5.97 Å². The second-order valence-corrected chi connectivity index (χ2v) is 9.73. The molecular formula is C29H36N2O3. The van der Waals surface area contributed by atoms with Crippen LogP contribution in [0.2, 0.25) is 0 Å². The second-order valence-electron chi connectivity index (χ2n) is 9.73. The fraction of sp³-hybridized carbons (Fsp3) is 0.517. The molecule has 180 valence electrons. The minimum absolute atomic E-state index is 0.0575. The molecule has 0 spiro atoms. The highest BCUT2D eigenvalue weighted by molar-refractivity contribution is 5.74. The summed E-state index contributed by atoms with van der Waals surface area (Å²) in [6, 6.07) is 17.3. The van der Waals surface area contributed by atoms with E-state index in [1.54, 1.807) is 0 Å². The summed E-state index contributed by atoms with van der Waals surface area (Å²) in [5.74, 6) is 1.26. The zero-order chi connectivity index (χ0) is 23.9. The van der Waals surface area contributed by atoms with Crippen molar-refractivity contribution in [2.45, 2.75) is 89.7 Å². The van der Waals surface area contributed by atoms with Crippen molar-refractivity contribution in [1.29, 1.82) is 5.26 Å². The quantitative estimate of drug-likeness (QED) is 0.313. The highest BCUT2D eigenvalue weighted by Crippen LogP contribution is 2.49. The van der Waals surface area contributed by atoms with E-state index in [1.165, 1.54) is 31.7 Å². The van der Waals surface area contributed by atoms with Gasteiger partial charge in [-0.15, -0.1) is 0 Å². The number of piperidine rings is 1. The molecule has 0 saturated carbocycles. The molecule has 0 aliphatic carbocycles. The minimum atomic E-state index is -0.324. The van der Waals surface area contributed by atoms with Gasteiger partial charge in [-0.1, -0.05) is 30.3 Å². The first-order valence-corrected chi connectivity index (χ1v) is 12.8. The minimum Gasteiger partial charge on any atom is -0.491 e. The first-order valence-electron chi connectivity index (χ1n) is 12.8. The number of anilines is 1.